The number of nitrogens with zero attached hydrogens (tertiary/aromatic N) is 2. The third-order valence-electron chi connectivity index (χ3n) is 6.21. The van der Waals surface area contributed by atoms with E-state index < -0.39 is 5.92 Å². The molecule has 1 aromatic heterocycles. The Kier molecular flexibility index (Phi) is 5.08. The zero-order valence-corrected chi connectivity index (χ0v) is 16.2. The molecule has 1 N–H and O–H groups in total. The minimum atomic E-state index is -0.470. The van der Waals surface area contributed by atoms with Crippen molar-refractivity contribution in [1.82, 2.24) is 9.47 Å². The van der Waals surface area contributed by atoms with Crippen LogP contribution in [0, 0.1) is 11.8 Å². The van der Waals surface area contributed by atoms with E-state index in [0.29, 0.717) is 12.1 Å². The molecule has 2 aromatic rings. The van der Waals surface area contributed by atoms with E-state index in [1.54, 1.807) is 4.57 Å². The highest BCUT2D eigenvalue weighted by Gasteiger charge is 2.55. The predicted molar refractivity (Wildman–Crippen MR) is 106 cm³/mol. The fourth-order valence-electron chi connectivity index (χ4n) is 5.03. The Morgan fingerprint density at radius 3 is 2.61 bits per heavy atom. The van der Waals surface area contributed by atoms with Crippen LogP contribution in [0.1, 0.15) is 25.1 Å². The smallest absolute Gasteiger partial charge is 0.311 e. The number of fused-ring (bicyclic) bond motifs is 4. The van der Waals surface area contributed by atoms with E-state index in [9.17, 15) is 14.7 Å². The first-order chi connectivity index (χ1) is 13.6. The first-order valence-electron chi connectivity index (χ1n) is 9.86. The van der Waals surface area contributed by atoms with E-state index in [2.05, 4.69) is 11.8 Å². The molecule has 3 heterocycles. The Bertz CT molecular complexity index is 924. The average molecular weight is 382 g/mol. The molecule has 0 amide bonds. The second-order valence-corrected chi connectivity index (χ2v) is 7.60. The van der Waals surface area contributed by atoms with Crippen molar-refractivity contribution in [2.24, 2.45) is 11.8 Å². The van der Waals surface area contributed by atoms with Crippen molar-refractivity contribution in [3.05, 3.63) is 58.5 Å². The van der Waals surface area contributed by atoms with E-state index in [1.165, 1.54) is 7.11 Å². The van der Waals surface area contributed by atoms with Crippen LogP contribution in [0.25, 0.3) is 11.1 Å². The number of esters is 1. The summed E-state index contributed by atoms with van der Waals surface area (Å²) in [7, 11) is 1.38. The van der Waals surface area contributed by atoms with Crippen LogP contribution >= 0.6 is 0 Å². The van der Waals surface area contributed by atoms with Gasteiger partial charge in [-0.3, -0.25) is 14.5 Å². The molecule has 1 aromatic carbocycles. The Hall–Kier alpha value is -2.44. The van der Waals surface area contributed by atoms with Gasteiger partial charge in [0, 0.05) is 36.4 Å². The molecule has 6 nitrogen and oxygen atoms in total. The van der Waals surface area contributed by atoms with Crippen LogP contribution in [-0.4, -0.2) is 46.8 Å². The quantitative estimate of drug-likeness (QED) is 0.802. The second kappa shape index (κ2) is 7.53. The van der Waals surface area contributed by atoms with Gasteiger partial charge in [-0.1, -0.05) is 37.3 Å². The molecule has 4 atom stereocenters. The van der Waals surface area contributed by atoms with Crippen LogP contribution in [0.15, 0.2) is 47.3 Å². The van der Waals surface area contributed by atoms with Crippen LogP contribution < -0.4 is 5.56 Å². The molecule has 148 valence electrons. The molecule has 2 bridgehead atoms. The van der Waals surface area contributed by atoms with Gasteiger partial charge in [-0.15, -0.1) is 0 Å². The predicted octanol–water partition coefficient (Wildman–Crippen LogP) is 2.06. The number of rotatable bonds is 5. The Morgan fingerprint density at radius 2 is 1.96 bits per heavy atom. The van der Waals surface area contributed by atoms with Crippen LogP contribution in [0.5, 0.6) is 0 Å². The van der Waals surface area contributed by atoms with Gasteiger partial charge in [-0.25, -0.2) is 0 Å². The Balaban J connectivity index is 1.86. The van der Waals surface area contributed by atoms with Crippen molar-refractivity contribution >= 4 is 5.97 Å². The Labute approximate surface area is 164 Å². The number of pyridine rings is 1. The summed E-state index contributed by atoms with van der Waals surface area (Å²) in [5.74, 6) is -1.04. The van der Waals surface area contributed by atoms with Gasteiger partial charge in [0.15, 0.2) is 0 Å². The molecule has 0 unspecified atom stereocenters. The van der Waals surface area contributed by atoms with Crippen LogP contribution in [-0.2, 0) is 16.1 Å². The minimum Gasteiger partial charge on any atom is -0.469 e. The van der Waals surface area contributed by atoms with Crippen molar-refractivity contribution in [1.29, 1.82) is 0 Å². The fraction of sp³-hybridized carbons (Fsp3) is 0.455. The van der Waals surface area contributed by atoms with Crippen LogP contribution in [0.4, 0.5) is 0 Å². The van der Waals surface area contributed by atoms with Crippen molar-refractivity contribution in [3.8, 4) is 11.1 Å². The second-order valence-electron chi connectivity index (χ2n) is 7.60. The summed E-state index contributed by atoms with van der Waals surface area (Å²) in [5, 5.41) is 10.1. The highest BCUT2D eigenvalue weighted by Crippen LogP contribution is 2.48. The third kappa shape index (κ3) is 2.79. The topological polar surface area (TPSA) is 71.8 Å². The number of benzene rings is 1. The lowest BCUT2D eigenvalue weighted by Crippen LogP contribution is -2.46. The molecule has 2 aliphatic heterocycles. The first-order valence-corrected chi connectivity index (χ1v) is 9.86. The largest absolute Gasteiger partial charge is 0.469 e. The van der Waals surface area contributed by atoms with Gasteiger partial charge < -0.3 is 14.4 Å². The summed E-state index contributed by atoms with van der Waals surface area (Å²) in [6.45, 7) is 3.29. The van der Waals surface area contributed by atoms with E-state index in [1.807, 2.05) is 42.5 Å². The van der Waals surface area contributed by atoms with E-state index >= 15 is 0 Å². The summed E-state index contributed by atoms with van der Waals surface area (Å²) in [4.78, 5) is 28.2. The maximum atomic E-state index is 13.3. The monoisotopic (exact) mass is 382 g/mol. The number of aliphatic hydroxyl groups is 1. The third-order valence-corrected chi connectivity index (χ3v) is 6.21. The normalized spacial score (nSPS) is 26.1. The van der Waals surface area contributed by atoms with Crippen molar-refractivity contribution < 1.29 is 14.6 Å². The summed E-state index contributed by atoms with van der Waals surface area (Å²) in [5.41, 5.74) is 2.33. The molecule has 2 aliphatic rings. The molecule has 0 saturated carbocycles. The highest BCUT2D eigenvalue weighted by molar-refractivity contribution is 5.75. The number of methoxy groups -OCH3 is 1. The van der Waals surface area contributed by atoms with E-state index in [-0.39, 0.29) is 36.1 Å². The van der Waals surface area contributed by atoms with Crippen LogP contribution in [0.2, 0.25) is 0 Å². The molecular formula is C22H26N2O4. The number of aliphatic hydroxyl groups excluding tert-OH is 1. The SMILES string of the molecule is CCCN1[C@@H]2c3ccc(-c4ccccc4)c(=O)n3C[C@H]1[C@H](CO)[C@H]2C(=O)OC. The lowest BCUT2D eigenvalue weighted by molar-refractivity contribution is -0.148. The zero-order chi connectivity index (χ0) is 19.8. The van der Waals surface area contributed by atoms with Gasteiger partial charge in [-0.05, 0) is 30.7 Å². The summed E-state index contributed by atoms with van der Waals surface area (Å²) >= 11 is 0. The molecule has 6 heteroatoms. The van der Waals surface area contributed by atoms with Gasteiger partial charge >= 0.3 is 5.97 Å². The van der Waals surface area contributed by atoms with Gasteiger partial charge in [-0.2, -0.15) is 0 Å². The zero-order valence-electron chi connectivity index (χ0n) is 16.2. The average Bonchev–Trinajstić information content (AvgIpc) is 2.93. The summed E-state index contributed by atoms with van der Waals surface area (Å²) in [6, 6.07) is 13.1. The van der Waals surface area contributed by atoms with Gasteiger partial charge in [0.2, 0.25) is 0 Å². The number of aromatic nitrogens is 1. The minimum absolute atomic E-state index is 0.0444. The van der Waals surface area contributed by atoms with E-state index in [0.717, 1.165) is 24.2 Å². The number of hydrogen-bond donors (Lipinski definition) is 1. The molecule has 1 saturated heterocycles. The summed E-state index contributed by atoms with van der Waals surface area (Å²) < 4.78 is 6.88. The van der Waals surface area contributed by atoms with Crippen LogP contribution in [0.3, 0.4) is 0 Å². The van der Waals surface area contributed by atoms with Gasteiger partial charge in [0.25, 0.3) is 5.56 Å². The molecule has 1 fully saturated rings. The van der Waals surface area contributed by atoms with Crippen molar-refractivity contribution in [2.75, 3.05) is 20.3 Å². The lowest BCUT2D eigenvalue weighted by atomic mass is 9.87. The molecule has 4 rings (SSSR count). The van der Waals surface area contributed by atoms with E-state index in [4.69, 9.17) is 4.74 Å². The number of carbonyl (C=O) groups is 1. The fourth-order valence-corrected chi connectivity index (χ4v) is 5.03. The molecule has 28 heavy (non-hydrogen) atoms. The molecule has 0 aliphatic carbocycles. The maximum Gasteiger partial charge on any atom is 0.311 e. The van der Waals surface area contributed by atoms with Crippen molar-refractivity contribution in [3.63, 3.8) is 0 Å². The lowest BCUT2D eigenvalue weighted by Gasteiger charge is -2.38. The highest BCUT2D eigenvalue weighted by atomic mass is 16.5. The van der Waals surface area contributed by atoms with Gasteiger partial charge in [0.1, 0.15) is 0 Å². The summed E-state index contributed by atoms with van der Waals surface area (Å²) in [6.07, 6.45) is 0.936. The Morgan fingerprint density at radius 1 is 1.21 bits per heavy atom. The molecular weight excluding hydrogens is 356 g/mol. The van der Waals surface area contributed by atoms with Gasteiger partial charge in [0.05, 0.1) is 19.1 Å². The standard InChI is InChI=1S/C22H26N2O4/c1-3-11-23-18-12-24-17(20(23)19(16(18)13-25)22(27)28-2)10-9-15(21(24)26)14-7-5-4-6-8-14/h4-10,16,18-20,25H,3,11-13H2,1-2H3/t16-,18-,19+,20+/m0/s1. The maximum absolute atomic E-state index is 13.3. The number of carbonyl (C=O) groups excluding carboxylic acids is 1. The molecule has 0 radical (unpaired) electrons. The first kappa shape index (κ1) is 18.9. The number of ether oxygens (including phenoxy) is 1. The van der Waals surface area contributed by atoms with Crippen molar-refractivity contribution in [2.45, 2.75) is 32.0 Å². The number of hydrogen-bond acceptors (Lipinski definition) is 5. The molecule has 0 spiro atoms.